The molecule has 0 atom stereocenters. The maximum absolute atomic E-state index is 11.4. The molecule has 0 heterocycles. The fourth-order valence-corrected chi connectivity index (χ4v) is 2.59. The Labute approximate surface area is 145 Å². The van der Waals surface area contributed by atoms with E-state index in [2.05, 4.69) is 0 Å². The number of hydrogen-bond donors (Lipinski definition) is 1. The first kappa shape index (κ1) is 19.2. The summed E-state index contributed by atoms with van der Waals surface area (Å²) < 4.78 is 5.71. The van der Waals surface area contributed by atoms with Crippen molar-refractivity contribution in [2.45, 2.75) is 20.3 Å². The maximum atomic E-state index is 11.4. The summed E-state index contributed by atoms with van der Waals surface area (Å²) in [6.07, 6.45) is 2.79. The third kappa shape index (κ3) is 7.30. The van der Waals surface area contributed by atoms with Crippen LogP contribution in [0.15, 0.2) is 29.7 Å². The Kier molecular flexibility index (Phi) is 8.36. The molecule has 0 saturated heterocycles. The van der Waals surface area contributed by atoms with Crippen LogP contribution in [0.4, 0.5) is 0 Å². The van der Waals surface area contributed by atoms with E-state index in [-0.39, 0.29) is 4.32 Å². The van der Waals surface area contributed by atoms with Gasteiger partial charge in [-0.1, -0.05) is 43.0 Å². The summed E-state index contributed by atoms with van der Waals surface area (Å²) in [5.41, 5.74) is 0.955. The molecule has 7 heteroatoms. The Hall–Kier alpha value is -1.86. The molecule has 0 spiro atoms. The summed E-state index contributed by atoms with van der Waals surface area (Å²) in [7, 11) is 0. The summed E-state index contributed by atoms with van der Waals surface area (Å²) in [5, 5.41) is 10.5. The minimum absolute atomic E-state index is 0.207. The van der Waals surface area contributed by atoms with Gasteiger partial charge in [-0.25, -0.2) is 0 Å². The van der Waals surface area contributed by atoms with E-state index < -0.39 is 18.4 Å². The van der Waals surface area contributed by atoms with Gasteiger partial charge in [-0.15, -0.1) is 0 Å². The normalized spacial score (nSPS) is 10.5. The lowest BCUT2D eigenvalue weighted by atomic mass is 10.2. The van der Waals surface area contributed by atoms with E-state index >= 15 is 0 Å². The fraction of sp³-hybridized carbons (Fsp3) is 0.312. The Bertz CT molecular complexity index is 584. The first-order valence-corrected chi connectivity index (χ1v) is 8.32. The number of carboxylic acids is 1. The van der Waals surface area contributed by atoms with Gasteiger partial charge >= 0.3 is 5.97 Å². The van der Waals surface area contributed by atoms with Crippen LogP contribution >= 0.6 is 24.0 Å². The molecule has 0 aromatic heterocycles. The minimum atomic E-state index is -1.10. The highest BCUT2D eigenvalue weighted by Gasteiger charge is 2.17. The SMILES string of the molecule is CCCOc1ccc(/C=C\SC(=S)N(CC(=O)O)C(C)=O)cc1. The Balaban J connectivity index is 2.58. The molecule has 0 unspecified atom stereocenters. The number of amides is 1. The maximum Gasteiger partial charge on any atom is 0.323 e. The molecule has 1 aromatic carbocycles. The van der Waals surface area contributed by atoms with E-state index in [9.17, 15) is 9.59 Å². The third-order valence-electron chi connectivity index (χ3n) is 2.68. The Morgan fingerprint density at radius 1 is 1.35 bits per heavy atom. The third-order valence-corrected chi connectivity index (χ3v) is 3.88. The van der Waals surface area contributed by atoms with Gasteiger partial charge in [0.2, 0.25) is 5.91 Å². The second-order valence-corrected chi connectivity index (χ2v) is 6.14. The molecule has 1 amide bonds. The van der Waals surface area contributed by atoms with Gasteiger partial charge in [-0.3, -0.25) is 14.5 Å². The molecule has 5 nitrogen and oxygen atoms in total. The summed E-state index contributed by atoms with van der Waals surface area (Å²) in [5.74, 6) is -0.679. The average molecular weight is 353 g/mol. The lowest BCUT2D eigenvalue weighted by Crippen LogP contribution is -2.36. The van der Waals surface area contributed by atoms with Crippen LogP contribution in [-0.2, 0) is 9.59 Å². The first-order chi connectivity index (χ1) is 10.9. The van der Waals surface area contributed by atoms with Crippen molar-refractivity contribution in [1.29, 1.82) is 0 Å². The molecular weight excluding hydrogens is 334 g/mol. The summed E-state index contributed by atoms with van der Waals surface area (Å²) in [6, 6.07) is 7.57. The van der Waals surface area contributed by atoms with Crippen LogP contribution in [-0.4, -0.2) is 39.4 Å². The number of hydrogen-bond acceptors (Lipinski definition) is 5. The highest BCUT2D eigenvalue weighted by Crippen LogP contribution is 2.17. The number of benzene rings is 1. The average Bonchev–Trinajstić information content (AvgIpc) is 2.51. The molecule has 0 aliphatic rings. The topological polar surface area (TPSA) is 66.8 Å². The van der Waals surface area contributed by atoms with Crippen molar-refractivity contribution in [1.82, 2.24) is 4.90 Å². The van der Waals surface area contributed by atoms with E-state index in [4.69, 9.17) is 22.1 Å². The van der Waals surface area contributed by atoms with Crippen LogP contribution in [0.3, 0.4) is 0 Å². The van der Waals surface area contributed by atoms with Gasteiger partial charge in [-0.2, -0.15) is 0 Å². The zero-order chi connectivity index (χ0) is 17.2. The molecule has 0 aliphatic carbocycles. The lowest BCUT2D eigenvalue weighted by molar-refractivity contribution is -0.140. The van der Waals surface area contributed by atoms with Crippen molar-refractivity contribution >= 4 is 46.3 Å². The molecular formula is C16H19NO4S2. The van der Waals surface area contributed by atoms with Crippen molar-refractivity contribution in [2.24, 2.45) is 0 Å². The number of rotatable bonds is 7. The fourth-order valence-electron chi connectivity index (χ4n) is 1.57. The molecule has 1 rings (SSSR count). The quantitative estimate of drug-likeness (QED) is 0.758. The van der Waals surface area contributed by atoms with Crippen LogP contribution in [0.5, 0.6) is 5.75 Å². The smallest absolute Gasteiger partial charge is 0.323 e. The summed E-state index contributed by atoms with van der Waals surface area (Å²) in [4.78, 5) is 23.2. The molecule has 1 aromatic rings. The van der Waals surface area contributed by atoms with Crippen molar-refractivity contribution in [2.75, 3.05) is 13.2 Å². The van der Waals surface area contributed by atoms with Gasteiger partial charge < -0.3 is 9.84 Å². The van der Waals surface area contributed by atoms with Crippen molar-refractivity contribution in [3.63, 3.8) is 0 Å². The molecule has 0 saturated carbocycles. The highest BCUT2D eigenvalue weighted by molar-refractivity contribution is 8.24. The van der Waals surface area contributed by atoms with Crippen LogP contribution in [0.25, 0.3) is 6.08 Å². The van der Waals surface area contributed by atoms with Crippen molar-refractivity contribution < 1.29 is 19.4 Å². The Morgan fingerprint density at radius 2 is 2.00 bits per heavy atom. The highest BCUT2D eigenvalue weighted by atomic mass is 32.2. The van der Waals surface area contributed by atoms with Gasteiger partial charge in [0.15, 0.2) is 0 Å². The zero-order valence-electron chi connectivity index (χ0n) is 13.0. The van der Waals surface area contributed by atoms with Gasteiger partial charge in [0.1, 0.15) is 16.6 Å². The summed E-state index contributed by atoms with van der Waals surface area (Å²) >= 11 is 6.22. The molecule has 23 heavy (non-hydrogen) atoms. The summed E-state index contributed by atoms with van der Waals surface area (Å²) in [6.45, 7) is 3.59. The second-order valence-electron chi connectivity index (χ2n) is 4.60. The standard InChI is InChI=1S/C16H19NO4S2/c1-3-9-21-14-6-4-13(5-7-14)8-10-23-16(22)17(12(2)18)11-15(19)20/h4-8,10H,3,9,11H2,1-2H3,(H,19,20)/b10-8-. The minimum Gasteiger partial charge on any atom is -0.494 e. The van der Waals surface area contributed by atoms with Crippen LogP contribution in [0.2, 0.25) is 0 Å². The number of thioether (sulfide) groups is 1. The number of carbonyl (C=O) groups is 2. The molecule has 0 aliphatic heterocycles. The number of carbonyl (C=O) groups excluding carboxylic acids is 1. The first-order valence-electron chi connectivity index (χ1n) is 7.04. The van der Waals surface area contributed by atoms with E-state index in [1.54, 1.807) is 5.41 Å². The van der Waals surface area contributed by atoms with E-state index in [0.717, 1.165) is 34.4 Å². The largest absolute Gasteiger partial charge is 0.494 e. The van der Waals surface area contributed by atoms with E-state index in [1.807, 2.05) is 37.3 Å². The lowest BCUT2D eigenvalue weighted by Gasteiger charge is -2.17. The predicted molar refractivity (Wildman–Crippen MR) is 96.5 cm³/mol. The number of thiocarbonyl (C=S) groups is 1. The van der Waals surface area contributed by atoms with Crippen LogP contribution in [0, 0.1) is 0 Å². The van der Waals surface area contributed by atoms with Gasteiger partial charge in [0.05, 0.1) is 6.61 Å². The Morgan fingerprint density at radius 3 is 2.52 bits per heavy atom. The van der Waals surface area contributed by atoms with Gasteiger partial charge in [0, 0.05) is 6.92 Å². The van der Waals surface area contributed by atoms with Gasteiger partial charge in [0.25, 0.3) is 0 Å². The molecule has 0 bridgehead atoms. The number of aliphatic carboxylic acids is 1. The van der Waals surface area contributed by atoms with Crippen LogP contribution < -0.4 is 4.74 Å². The number of nitrogens with zero attached hydrogens (tertiary/aromatic N) is 1. The zero-order valence-corrected chi connectivity index (χ0v) is 14.7. The van der Waals surface area contributed by atoms with Crippen molar-refractivity contribution in [3.8, 4) is 5.75 Å². The number of ether oxygens (including phenoxy) is 1. The number of carboxylic acid groups (broad SMARTS) is 1. The molecule has 124 valence electrons. The monoisotopic (exact) mass is 353 g/mol. The van der Waals surface area contributed by atoms with Crippen molar-refractivity contribution in [3.05, 3.63) is 35.2 Å². The van der Waals surface area contributed by atoms with E-state index in [0.29, 0.717) is 6.61 Å². The predicted octanol–water partition coefficient (Wildman–Crippen LogP) is 3.40. The van der Waals surface area contributed by atoms with Crippen LogP contribution in [0.1, 0.15) is 25.8 Å². The van der Waals surface area contributed by atoms with Gasteiger partial charge in [-0.05, 0) is 35.6 Å². The second kappa shape index (κ2) is 10.0. The molecule has 1 N–H and O–H groups in total. The molecule has 0 radical (unpaired) electrons. The molecule has 0 fully saturated rings. The van der Waals surface area contributed by atoms with E-state index in [1.165, 1.54) is 6.92 Å².